The zero-order valence-corrected chi connectivity index (χ0v) is 11.3. The lowest BCUT2D eigenvalue weighted by molar-refractivity contribution is 0.349. The molecule has 2 rings (SSSR count). The van der Waals surface area contributed by atoms with E-state index in [2.05, 4.69) is 22.5 Å². The number of hydrogen-bond donors (Lipinski definition) is 1. The molecular formula is C11H15N3OS2. The Hall–Kier alpha value is -0.850. The zero-order valence-electron chi connectivity index (χ0n) is 9.63. The van der Waals surface area contributed by atoms with Crippen LogP contribution in [0.4, 0.5) is 0 Å². The number of nitrogens with zero attached hydrogens (tertiary/aromatic N) is 2. The van der Waals surface area contributed by atoms with Crippen molar-refractivity contribution >= 4 is 23.1 Å². The van der Waals surface area contributed by atoms with E-state index in [0.717, 1.165) is 18.6 Å². The van der Waals surface area contributed by atoms with Crippen molar-refractivity contribution in [2.45, 2.75) is 18.9 Å². The lowest BCUT2D eigenvalue weighted by Gasteiger charge is -2.03. The van der Waals surface area contributed by atoms with Crippen LogP contribution in [-0.2, 0) is 6.42 Å². The number of nitrogens with two attached hydrogens (primary N) is 1. The molecule has 0 unspecified atom stereocenters. The van der Waals surface area contributed by atoms with Crippen LogP contribution in [0.5, 0.6) is 0 Å². The first-order valence-electron chi connectivity index (χ1n) is 5.39. The Bertz CT molecular complexity index is 441. The molecule has 0 spiro atoms. The van der Waals surface area contributed by atoms with Crippen LogP contribution >= 0.6 is 23.1 Å². The average molecular weight is 269 g/mol. The largest absolute Gasteiger partial charge is 0.338 e. The summed E-state index contributed by atoms with van der Waals surface area (Å²) < 4.78 is 5.18. The predicted molar refractivity (Wildman–Crippen MR) is 71.4 cm³/mol. The SMILES string of the molecule is CSCC[C@H](N)c1nc(Cc2cccs2)no1. The minimum absolute atomic E-state index is 0.146. The van der Waals surface area contributed by atoms with Crippen molar-refractivity contribution in [2.75, 3.05) is 12.0 Å². The van der Waals surface area contributed by atoms with E-state index in [4.69, 9.17) is 10.3 Å². The standard InChI is InChI=1S/C11H15N3OS2/c1-16-6-4-9(12)11-13-10(14-15-11)7-8-3-2-5-17-8/h2-3,5,9H,4,6-7,12H2,1H3/t9-/m0/s1. The minimum Gasteiger partial charge on any atom is -0.338 e. The highest BCUT2D eigenvalue weighted by Gasteiger charge is 2.14. The molecule has 2 aromatic rings. The summed E-state index contributed by atoms with van der Waals surface area (Å²) in [4.78, 5) is 5.56. The lowest BCUT2D eigenvalue weighted by Crippen LogP contribution is -2.11. The molecule has 0 amide bonds. The molecule has 0 aliphatic heterocycles. The van der Waals surface area contributed by atoms with Crippen molar-refractivity contribution < 1.29 is 4.52 Å². The van der Waals surface area contributed by atoms with Crippen molar-refractivity contribution in [3.8, 4) is 0 Å². The summed E-state index contributed by atoms with van der Waals surface area (Å²) in [6, 6.07) is 3.94. The second-order valence-electron chi connectivity index (χ2n) is 3.69. The van der Waals surface area contributed by atoms with Gasteiger partial charge in [-0.05, 0) is 29.9 Å². The van der Waals surface area contributed by atoms with Gasteiger partial charge in [0.05, 0.1) is 6.04 Å². The number of rotatable bonds is 6. The van der Waals surface area contributed by atoms with Gasteiger partial charge < -0.3 is 10.3 Å². The highest BCUT2D eigenvalue weighted by atomic mass is 32.2. The maximum absolute atomic E-state index is 5.96. The van der Waals surface area contributed by atoms with Gasteiger partial charge in [0.25, 0.3) is 0 Å². The van der Waals surface area contributed by atoms with Gasteiger partial charge in [0.1, 0.15) is 0 Å². The summed E-state index contributed by atoms with van der Waals surface area (Å²) in [5.41, 5.74) is 5.96. The predicted octanol–water partition coefficient (Wildman–Crippen LogP) is 2.47. The quantitative estimate of drug-likeness (QED) is 0.872. The molecule has 0 fully saturated rings. The van der Waals surface area contributed by atoms with Crippen LogP contribution in [0.1, 0.15) is 29.1 Å². The monoisotopic (exact) mass is 269 g/mol. The molecular weight excluding hydrogens is 254 g/mol. The smallest absolute Gasteiger partial charge is 0.243 e. The third kappa shape index (κ3) is 3.55. The molecule has 6 heteroatoms. The van der Waals surface area contributed by atoms with Gasteiger partial charge in [0, 0.05) is 11.3 Å². The number of hydrogen-bond acceptors (Lipinski definition) is 6. The normalized spacial score (nSPS) is 12.8. The Kier molecular flexibility index (Phi) is 4.58. The minimum atomic E-state index is -0.146. The summed E-state index contributed by atoms with van der Waals surface area (Å²) in [7, 11) is 0. The zero-order chi connectivity index (χ0) is 12.1. The highest BCUT2D eigenvalue weighted by molar-refractivity contribution is 7.98. The van der Waals surface area contributed by atoms with Gasteiger partial charge in [-0.1, -0.05) is 11.2 Å². The maximum atomic E-state index is 5.96. The first-order valence-corrected chi connectivity index (χ1v) is 7.66. The summed E-state index contributed by atoms with van der Waals surface area (Å²) in [6.07, 6.45) is 3.64. The van der Waals surface area contributed by atoms with Crippen LogP contribution in [0.25, 0.3) is 0 Å². The highest BCUT2D eigenvalue weighted by Crippen LogP contribution is 2.17. The van der Waals surface area contributed by atoms with Crippen LogP contribution in [0.15, 0.2) is 22.0 Å². The molecule has 0 saturated carbocycles. The van der Waals surface area contributed by atoms with E-state index in [0.29, 0.717) is 11.7 Å². The second kappa shape index (κ2) is 6.18. The van der Waals surface area contributed by atoms with Crippen molar-refractivity contribution in [1.82, 2.24) is 10.1 Å². The van der Waals surface area contributed by atoms with E-state index >= 15 is 0 Å². The van der Waals surface area contributed by atoms with E-state index in [1.165, 1.54) is 4.88 Å². The Morgan fingerprint density at radius 1 is 1.59 bits per heavy atom. The number of thiophene rings is 1. The van der Waals surface area contributed by atoms with Crippen LogP contribution in [0.3, 0.4) is 0 Å². The molecule has 0 aliphatic carbocycles. The van der Waals surface area contributed by atoms with Gasteiger partial charge >= 0.3 is 0 Å². The van der Waals surface area contributed by atoms with Crippen LogP contribution < -0.4 is 5.73 Å². The van der Waals surface area contributed by atoms with Gasteiger partial charge in [-0.25, -0.2) is 0 Å². The fraction of sp³-hybridized carbons (Fsp3) is 0.455. The first kappa shape index (κ1) is 12.6. The molecule has 1 atom stereocenters. The molecule has 2 aromatic heterocycles. The molecule has 17 heavy (non-hydrogen) atoms. The molecule has 4 nitrogen and oxygen atoms in total. The van der Waals surface area contributed by atoms with E-state index in [-0.39, 0.29) is 6.04 Å². The van der Waals surface area contributed by atoms with E-state index in [1.807, 2.05) is 11.4 Å². The molecule has 0 aliphatic rings. The molecule has 0 saturated heterocycles. The number of thioether (sulfide) groups is 1. The fourth-order valence-corrected chi connectivity index (χ4v) is 2.62. The Labute approximate surface area is 109 Å². The third-order valence-corrected chi connectivity index (χ3v) is 3.87. The van der Waals surface area contributed by atoms with Crippen LogP contribution in [0, 0.1) is 0 Å². The average Bonchev–Trinajstić information content (AvgIpc) is 2.98. The second-order valence-corrected chi connectivity index (χ2v) is 5.71. The summed E-state index contributed by atoms with van der Waals surface area (Å²) in [5.74, 6) is 2.26. The molecule has 2 N–H and O–H groups in total. The van der Waals surface area contributed by atoms with Crippen molar-refractivity contribution in [3.63, 3.8) is 0 Å². The van der Waals surface area contributed by atoms with E-state index < -0.39 is 0 Å². The Morgan fingerprint density at radius 3 is 3.18 bits per heavy atom. The molecule has 0 radical (unpaired) electrons. The van der Waals surface area contributed by atoms with Crippen molar-refractivity contribution in [2.24, 2.45) is 5.73 Å². The molecule has 0 aromatic carbocycles. The lowest BCUT2D eigenvalue weighted by atomic mass is 10.2. The molecule has 2 heterocycles. The third-order valence-electron chi connectivity index (χ3n) is 2.35. The van der Waals surface area contributed by atoms with Gasteiger partial charge in [0.2, 0.25) is 5.89 Å². The van der Waals surface area contributed by atoms with E-state index in [1.54, 1.807) is 23.1 Å². The summed E-state index contributed by atoms with van der Waals surface area (Å²) in [5, 5.41) is 6.00. The Balaban J connectivity index is 1.95. The van der Waals surface area contributed by atoms with Crippen LogP contribution in [0.2, 0.25) is 0 Å². The van der Waals surface area contributed by atoms with Gasteiger partial charge in [-0.15, -0.1) is 11.3 Å². The van der Waals surface area contributed by atoms with E-state index in [9.17, 15) is 0 Å². The topological polar surface area (TPSA) is 64.9 Å². The molecule has 92 valence electrons. The van der Waals surface area contributed by atoms with Gasteiger partial charge in [-0.3, -0.25) is 0 Å². The first-order chi connectivity index (χ1) is 8.29. The van der Waals surface area contributed by atoms with Crippen molar-refractivity contribution in [3.05, 3.63) is 34.1 Å². The van der Waals surface area contributed by atoms with Crippen LogP contribution in [-0.4, -0.2) is 22.1 Å². The molecule has 0 bridgehead atoms. The van der Waals surface area contributed by atoms with Crippen molar-refractivity contribution in [1.29, 1.82) is 0 Å². The summed E-state index contributed by atoms with van der Waals surface area (Å²) >= 11 is 3.46. The Morgan fingerprint density at radius 2 is 2.47 bits per heavy atom. The van der Waals surface area contributed by atoms with Gasteiger partial charge in [-0.2, -0.15) is 16.7 Å². The van der Waals surface area contributed by atoms with Gasteiger partial charge in [0.15, 0.2) is 5.82 Å². The summed E-state index contributed by atoms with van der Waals surface area (Å²) in [6.45, 7) is 0. The fourth-order valence-electron chi connectivity index (χ4n) is 1.43. The maximum Gasteiger partial charge on any atom is 0.243 e. The number of aromatic nitrogens is 2.